The summed E-state index contributed by atoms with van der Waals surface area (Å²) >= 11 is 0. The highest BCUT2D eigenvalue weighted by atomic mass is 16.3. The van der Waals surface area contributed by atoms with E-state index in [0.717, 1.165) is 16.7 Å². The summed E-state index contributed by atoms with van der Waals surface area (Å²) < 4.78 is 0. The highest BCUT2D eigenvalue weighted by molar-refractivity contribution is 5.41. The number of aryl methyl sites for hydroxylation is 5. The van der Waals surface area contributed by atoms with Crippen molar-refractivity contribution in [3.05, 3.63) is 58.1 Å². The number of aromatic hydroxyl groups is 2. The molecule has 2 nitrogen and oxygen atoms in total. The fourth-order valence-electron chi connectivity index (χ4n) is 1.98. The van der Waals surface area contributed by atoms with Crippen molar-refractivity contribution in [1.82, 2.24) is 0 Å². The Balaban J connectivity index is 0.000000342. The van der Waals surface area contributed by atoms with E-state index < -0.39 is 0 Å². The lowest BCUT2D eigenvalue weighted by atomic mass is 10.1. The van der Waals surface area contributed by atoms with Crippen LogP contribution in [0, 0.1) is 34.6 Å². The largest absolute Gasteiger partial charge is 0.508 e. The maximum atomic E-state index is 9.33. The Labute approximate surface area is 129 Å². The summed E-state index contributed by atoms with van der Waals surface area (Å²) in [5.74, 6) is 0.797. The van der Waals surface area contributed by atoms with E-state index in [9.17, 15) is 5.11 Å². The smallest absolute Gasteiger partial charge is 0.121 e. The monoisotopic (exact) mass is 288 g/mol. The van der Waals surface area contributed by atoms with Gasteiger partial charge in [0.1, 0.15) is 11.5 Å². The van der Waals surface area contributed by atoms with E-state index in [4.69, 9.17) is 5.11 Å². The summed E-state index contributed by atoms with van der Waals surface area (Å²) in [5, 5.41) is 18.4. The molecule has 0 fully saturated rings. The molecule has 0 atom stereocenters. The average Bonchev–Trinajstić information content (AvgIpc) is 2.43. The molecule has 2 aromatic carbocycles. The maximum absolute atomic E-state index is 9.33. The van der Waals surface area contributed by atoms with Crippen LogP contribution in [0.2, 0.25) is 0 Å². The quantitative estimate of drug-likeness (QED) is 0.685. The molecule has 21 heavy (non-hydrogen) atoms. The van der Waals surface area contributed by atoms with Crippen LogP contribution in [0.15, 0.2) is 30.3 Å². The van der Waals surface area contributed by atoms with Crippen molar-refractivity contribution < 1.29 is 10.2 Å². The van der Waals surface area contributed by atoms with Gasteiger partial charge in [0.25, 0.3) is 0 Å². The van der Waals surface area contributed by atoms with Gasteiger partial charge in [0.05, 0.1) is 0 Å². The van der Waals surface area contributed by atoms with Crippen LogP contribution in [0.4, 0.5) is 0 Å². The zero-order valence-corrected chi connectivity index (χ0v) is 14.3. The van der Waals surface area contributed by atoms with Crippen molar-refractivity contribution in [2.24, 2.45) is 0 Å². The molecule has 2 aromatic rings. The van der Waals surface area contributed by atoms with E-state index in [0.29, 0.717) is 11.5 Å². The first-order chi connectivity index (χ1) is 9.81. The summed E-state index contributed by atoms with van der Waals surface area (Å²) in [4.78, 5) is 0. The molecular weight excluding hydrogens is 260 g/mol. The van der Waals surface area contributed by atoms with Crippen LogP contribution in [0.25, 0.3) is 0 Å². The molecule has 0 heterocycles. The first-order valence-corrected chi connectivity index (χ1v) is 7.34. The van der Waals surface area contributed by atoms with Gasteiger partial charge in [0.15, 0.2) is 0 Å². The number of phenols is 2. The average molecular weight is 288 g/mol. The summed E-state index contributed by atoms with van der Waals surface area (Å²) in [6.07, 6.45) is 0. The molecule has 2 N–H and O–H groups in total. The highest BCUT2D eigenvalue weighted by Gasteiger charge is 1.98. The number of hydrogen-bond acceptors (Lipinski definition) is 2. The first kappa shape index (κ1) is 19.0. The van der Waals surface area contributed by atoms with Gasteiger partial charge in [0, 0.05) is 0 Å². The lowest BCUT2D eigenvalue weighted by Crippen LogP contribution is -1.81. The zero-order valence-electron chi connectivity index (χ0n) is 14.3. The molecule has 2 rings (SSSR count). The fraction of sp³-hybridized carbons (Fsp3) is 0.368. The Kier molecular flexibility index (Phi) is 8.22. The van der Waals surface area contributed by atoms with Gasteiger partial charge in [-0.05, 0) is 57.4 Å². The maximum Gasteiger partial charge on any atom is 0.121 e. The molecule has 0 aliphatic carbocycles. The van der Waals surface area contributed by atoms with E-state index in [1.165, 1.54) is 11.1 Å². The lowest BCUT2D eigenvalue weighted by molar-refractivity contribution is 0.466. The van der Waals surface area contributed by atoms with Gasteiger partial charge >= 0.3 is 0 Å². The van der Waals surface area contributed by atoms with Crippen LogP contribution in [-0.4, -0.2) is 10.2 Å². The number of benzene rings is 2. The van der Waals surface area contributed by atoms with Crippen molar-refractivity contribution in [2.75, 3.05) is 0 Å². The molecule has 0 aliphatic heterocycles. The van der Waals surface area contributed by atoms with Gasteiger partial charge < -0.3 is 10.2 Å². The highest BCUT2D eigenvalue weighted by Crippen LogP contribution is 2.21. The molecule has 0 unspecified atom stereocenters. The molecule has 0 bridgehead atoms. The zero-order chi connectivity index (χ0) is 16.6. The molecule has 0 amide bonds. The molecule has 116 valence electrons. The lowest BCUT2D eigenvalue weighted by Gasteiger charge is -2.03. The Morgan fingerprint density at radius 3 is 1.43 bits per heavy atom. The van der Waals surface area contributed by atoms with Crippen molar-refractivity contribution in [1.29, 1.82) is 0 Å². The van der Waals surface area contributed by atoms with Crippen molar-refractivity contribution >= 4 is 0 Å². The van der Waals surface area contributed by atoms with Gasteiger partial charge in [0.2, 0.25) is 0 Å². The summed E-state index contributed by atoms with van der Waals surface area (Å²) in [6.45, 7) is 13.7. The summed E-state index contributed by atoms with van der Waals surface area (Å²) in [7, 11) is 0. The summed E-state index contributed by atoms with van der Waals surface area (Å²) in [6, 6.07) is 9.51. The van der Waals surface area contributed by atoms with Gasteiger partial charge in [-0.1, -0.05) is 49.2 Å². The van der Waals surface area contributed by atoms with E-state index >= 15 is 0 Å². The van der Waals surface area contributed by atoms with Crippen molar-refractivity contribution in [2.45, 2.75) is 48.5 Å². The SMILES string of the molecule is CC.Cc1cc(C)c(O)c(C)c1.Cc1ccc(O)c(C)c1. The molecule has 2 heteroatoms. The fourth-order valence-corrected chi connectivity index (χ4v) is 1.98. The number of rotatable bonds is 0. The van der Waals surface area contributed by atoms with E-state index in [2.05, 4.69) is 0 Å². The van der Waals surface area contributed by atoms with Gasteiger partial charge in [-0.15, -0.1) is 0 Å². The van der Waals surface area contributed by atoms with Crippen LogP contribution in [0.5, 0.6) is 11.5 Å². The van der Waals surface area contributed by atoms with E-state index in [1.54, 1.807) is 6.07 Å². The van der Waals surface area contributed by atoms with Gasteiger partial charge in [-0.3, -0.25) is 0 Å². The minimum Gasteiger partial charge on any atom is -0.508 e. The topological polar surface area (TPSA) is 40.5 Å². The third kappa shape index (κ3) is 6.35. The third-order valence-corrected chi connectivity index (χ3v) is 2.99. The Morgan fingerprint density at radius 1 is 0.619 bits per heavy atom. The number of phenolic OH excluding ortho intramolecular Hbond substituents is 2. The Bertz CT molecular complexity index is 549. The minimum atomic E-state index is 0.376. The van der Waals surface area contributed by atoms with Crippen molar-refractivity contribution in [3.63, 3.8) is 0 Å². The van der Waals surface area contributed by atoms with Crippen molar-refractivity contribution in [3.8, 4) is 11.5 Å². The van der Waals surface area contributed by atoms with Crippen LogP contribution in [-0.2, 0) is 0 Å². The van der Waals surface area contributed by atoms with Gasteiger partial charge in [-0.2, -0.15) is 0 Å². The van der Waals surface area contributed by atoms with E-state index in [-0.39, 0.29) is 0 Å². The molecule has 0 saturated carbocycles. The Hall–Kier alpha value is -1.96. The normalized spacial score (nSPS) is 9.10. The standard InChI is InChI=1S/C9H12O.C8H10O.C2H6/c1-6-4-7(2)9(10)8(3)5-6;1-6-3-4-8(9)7(2)5-6;1-2/h4-5,10H,1-3H3;3-5,9H,1-2H3;1-2H3. The first-order valence-electron chi connectivity index (χ1n) is 7.34. The Morgan fingerprint density at radius 2 is 1.05 bits per heavy atom. The molecule has 0 aliphatic rings. The second-order valence-electron chi connectivity index (χ2n) is 5.04. The van der Waals surface area contributed by atoms with Crippen LogP contribution >= 0.6 is 0 Å². The minimum absolute atomic E-state index is 0.376. The third-order valence-electron chi connectivity index (χ3n) is 2.99. The second kappa shape index (κ2) is 9.06. The predicted octanol–water partition coefficient (Wildman–Crippen LogP) is 5.35. The van der Waals surface area contributed by atoms with E-state index in [1.807, 2.05) is 72.7 Å². The van der Waals surface area contributed by atoms with Crippen LogP contribution in [0.3, 0.4) is 0 Å². The molecule has 0 radical (unpaired) electrons. The van der Waals surface area contributed by atoms with Crippen LogP contribution < -0.4 is 0 Å². The molecule has 0 aromatic heterocycles. The summed E-state index contributed by atoms with van der Waals surface area (Å²) in [5.41, 5.74) is 5.24. The van der Waals surface area contributed by atoms with Gasteiger partial charge in [-0.25, -0.2) is 0 Å². The number of hydrogen-bond donors (Lipinski definition) is 2. The molecule has 0 spiro atoms. The van der Waals surface area contributed by atoms with Crippen LogP contribution in [0.1, 0.15) is 41.7 Å². The molecular formula is C19H28O2. The predicted molar refractivity (Wildman–Crippen MR) is 91.2 cm³/mol. The molecule has 0 saturated heterocycles. The second-order valence-corrected chi connectivity index (χ2v) is 5.04.